The summed E-state index contributed by atoms with van der Waals surface area (Å²) >= 11 is 0. The molecule has 0 unspecified atom stereocenters. The lowest BCUT2D eigenvalue weighted by Crippen LogP contribution is -2.21. The van der Waals surface area contributed by atoms with Crippen LogP contribution >= 0.6 is 0 Å². The molecule has 3 aromatic heterocycles. The second kappa shape index (κ2) is 7.61. The molecule has 7 rings (SSSR count). The summed E-state index contributed by atoms with van der Waals surface area (Å²) < 4.78 is 27.3. The van der Waals surface area contributed by atoms with E-state index >= 15 is 0 Å². The summed E-state index contributed by atoms with van der Waals surface area (Å²) in [5.74, 6) is 0. The Bertz CT molecular complexity index is 1930. The number of hydrogen-bond acceptors (Lipinski definition) is 6. The quantitative estimate of drug-likeness (QED) is 0.372. The second-order valence-electron chi connectivity index (χ2n) is 10.8. The highest BCUT2D eigenvalue weighted by atomic mass is 32.2. The van der Waals surface area contributed by atoms with Crippen molar-refractivity contribution in [3.05, 3.63) is 88.7 Å². The Kier molecular flexibility index (Phi) is 4.67. The Morgan fingerprint density at radius 2 is 1.61 bits per heavy atom. The first-order valence-electron chi connectivity index (χ1n) is 12.7. The van der Waals surface area contributed by atoms with Crippen LogP contribution in [0.5, 0.6) is 0 Å². The number of fused-ring (bicyclic) bond motifs is 3. The predicted molar refractivity (Wildman–Crippen MR) is 148 cm³/mol. The number of nitrogens with zero attached hydrogens (tertiary/aromatic N) is 4. The van der Waals surface area contributed by atoms with Crippen LogP contribution in [-0.4, -0.2) is 33.8 Å². The van der Waals surface area contributed by atoms with Gasteiger partial charge < -0.3 is 5.73 Å². The van der Waals surface area contributed by atoms with Crippen LogP contribution in [-0.2, 0) is 27.2 Å². The largest absolute Gasteiger partial charge is 0.333 e. The van der Waals surface area contributed by atoms with E-state index in [1.807, 2.05) is 60.8 Å². The second-order valence-corrected chi connectivity index (χ2v) is 13.1. The van der Waals surface area contributed by atoms with E-state index in [1.54, 1.807) is 22.4 Å². The van der Waals surface area contributed by atoms with Crippen molar-refractivity contribution in [2.75, 3.05) is 6.26 Å². The highest BCUT2D eigenvalue weighted by molar-refractivity contribution is 7.92. The first-order valence-corrected chi connectivity index (χ1v) is 14.6. The number of rotatable bonds is 5. The molecule has 192 valence electrons. The standard InChI is InChI=1S/C29H27N5O3S/c1-33-24-17-31-23-9-3-18(19-4-10-25(32-16-19)28(30)11-12-28)15-22(23)26(24)34(27(33)35)21-7-5-20(6-8-21)29(13-14-29)38(2,36)37/h3-10,15-17H,11-14,30H2,1-2H3. The maximum Gasteiger partial charge on any atom is 0.333 e. The van der Waals surface area contributed by atoms with Gasteiger partial charge in [0.15, 0.2) is 9.84 Å². The van der Waals surface area contributed by atoms with Crippen LogP contribution < -0.4 is 11.4 Å². The molecule has 0 bridgehead atoms. The number of hydrogen-bond donors (Lipinski definition) is 1. The fraction of sp³-hybridized carbons (Fsp3) is 0.276. The molecule has 5 aromatic rings. The molecule has 0 spiro atoms. The summed E-state index contributed by atoms with van der Waals surface area (Å²) in [5.41, 5.74) is 12.4. The van der Waals surface area contributed by atoms with Crippen LogP contribution in [0.3, 0.4) is 0 Å². The first kappa shape index (κ1) is 23.3. The van der Waals surface area contributed by atoms with Gasteiger partial charge in [0.2, 0.25) is 0 Å². The molecule has 2 aromatic carbocycles. The van der Waals surface area contributed by atoms with Gasteiger partial charge in [0.25, 0.3) is 0 Å². The zero-order chi connectivity index (χ0) is 26.4. The molecular formula is C29H27N5O3S. The van der Waals surface area contributed by atoms with Crippen molar-refractivity contribution in [3.8, 4) is 16.8 Å². The van der Waals surface area contributed by atoms with E-state index in [1.165, 1.54) is 6.26 Å². The predicted octanol–water partition coefficient (Wildman–Crippen LogP) is 3.92. The van der Waals surface area contributed by atoms with Crippen molar-refractivity contribution in [1.82, 2.24) is 19.1 Å². The molecule has 0 amide bonds. The lowest BCUT2D eigenvalue weighted by molar-refractivity contribution is 0.586. The third-order valence-corrected chi connectivity index (χ3v) is 10.4. The van der Waals surface area contributed by atoms with Gasteiger partial charge >= 0.3 is 5.69 Å². The van der Waals surface area contributed by atoms with Gasteiger partial charge in [0, 0.05) is 30.4 Å². The monoisotopic (exact) mass is 525 g/mol. The Labute approximate surface area is 219 Å². The summed E-state index contributed by atoms with van der Waals surface area (Å²) in [6, 6.07) is 17.4. The van der Waals surface area contributed by atoms with Crippen molar-refractivity contribution >= 4 is 31.8 Å². The van der Waals surface area contributed by atoms with Gasteiger partial charge in [-0.05, 0) is 67.1 Å². The molecule has 8 nitrogen and oxygen atoms in total. The molecule has 2 aliphatic rings. The summed E-state index contributed by atoms with van der Waals surface area (Å²) in [6.45, 7) is 0. The van der Waals surface area contributed by atoms with E-state index in [0.29, 0.717) is 24.0 Å². The van der Waals surface area contributed by atoms with Crippen LogP contribution in [0.1, 0.15) is 36.9 Å². The summed E-state index contributed by atoms with van der Waals surface area (Å²) in [6.07, 6.45) is 8.04. The number of imidazole rings is 1. The van der Waals surface area contributed by atoms with Crippen molar-refractivity contribution in [2.24, 2.45) is 12.8 Å². The van der Waals surface area contributed by atoms with Gasteiger partial charge in [-0.3, -0.25) is 19.1 Å². The minimum atomic E-state index is -3.22. The fourth-order valence-electron chi connectivity index (χ4n) is 5.57. The SMILES string of the molecule is Cn1c(=O)n(-c2ccc(C3(S(C)(=O)=O)CC3)cc2)c2c3cc(-c4ccc(C5(N)CC5)nc4)ccc3ncc21. The zero-order valence-corrected chi connectivity index (χ0v) is 22.0. The van der Waals surface area contributed by atoms with Crippen molar-refractivity contribution in [2.45, 2.75) is 36.0 Å². The maximum atomic E-state index is 13.5. The van der Waals surface area contributed by atoms with Crippen LogP contribution in [0, 0.1) is 0 Å². The third kappa shape index (κ3) is 3.31. The van der Waals surface area contributed by atoms with Crippen molar-refractivity contribution < 1.29 is 8.42 Å². The average molecular weight is 526 g/mol. The molecule has 9 heteroatoms. The summed E-state index contributed by atoms with van der Waals surface area (Å²) in [4.78, 5) is 22.7. The normalized spacial score (nSPS) is 17.7. The first-order chi connectivity index (χ1) is 18.1. The van der Waals surface area contributed by atoms with Crippen LogP contribution in [0.25, 0.3) is 38.8 Å². The summed E-state index contributed by atoms with van der Waals surface area (Å²) in [7, 11) is -1.49. The smallest absolute Gasteiger partial charge is 0.320 e. The summed E-state index contributed by atoms with van der Waals surface area (Å²) in [5, 5.41) is 0.846. The Morgan fingerprint density at radius 3 is 2.21 bits per heavy atom. The third-order valence-electron chi connectivity index (χ3n) is 8.34. The van der Waals surface area contributed by atoms with Gasteiger partial charge in [0.05, 0.1) is 44.4 Å². The lowest BCUT2D eigenvalue weighted by atomic mass is 10.0. The molecule has 0 aliphatic heterocycles. The molecule has 38 heavy (non-hydrogen) atoms. The highest BCUT2D eigenvalue weighted by Crippen LogP contribution is 2.52. The molecule has 0 saturated heterocycles. The van der Waals surface area contributed by atoms with Crippen LogP contribution in [0.15, 0.2) is 71.8 Å². The molecule has 3 heterocycles. The van der Waals surface area contributed by atoms with E-state index in [-0.39, 0.29) is 11.2 Å². The minimum Gasteiger partial charge on any atom is -0.320 e. The van der Waals surface area contributed by atoms with Crippen molar-refractivity contribution in [3.63, 3.8) is 0 Å². The van der Waals surface area contributed by atoms with E-state index in [0.717, 1.165) is 51.6 Å². The molecule has 2 saturated carbocycles. The van der Waals surface area contributed by atoms with E-state index in [2.05, 4.69) is 9.97 Å². The van der Waals surface area contributed by atoms with E-state index in [4.69, 9.17) is 5.73 Å². The Morgan fingerprint density at radius 1 is 0.895 bits per heavy atom. The number of nitrogens with two attached hydrogens (primary N) is 1. The van der Waals surface area contributed by atoms with Crippen molar-refractivity contribution in [1.29, 1.82) is 0 Å². The van der Waals surface area contributed by atoms with Gasteiger partial charge in [-0.15, -0.1) is 0 Å². The van der Waals surface area contributed by atoms with Gasteiger partial charge in [0.1, 0.15) is 0 Å². The van der Waals surface area contributed by atoms with E-state index < -0.39 is 14.6 Å². The fourth-order valence-corrected chi connectivity index (χ4v) is 6.98. The zero-order valence-electron chi connectivity index (χ0n) is 21.2. The molecule has 2 N–H and O–H groups in total. The van der Waals surface area contributed by atoms with Gasteiger partial charge in [-0.2, -0.15) is 0 Å². The number of pyridine rings is 2. The molecule has 0 radical (unpaired) electrons. The van der Waals surface area contributed by atoms with Gasteiger partial charge in [-0.1, -0.05) is 24.3 Å². The Hall–Kier alpha value is -3.82. The van der Waals surface area contributed by atoms with Gasteiger partial charge in [-0.25, -0.2) is 13.2 Å². The highest BCUT2D eigenvalue weighted by Gasteiger charge is 2.53. The molecule has 0 atom stereocenters. The number of aromatic nitrogens is 4. The molecule has 2 fully saturated rings. The number of aryl methyl sites for hydroxylation is 1. The lowest BCUT2D eigenvalue weighted by Gasteiger charge is -2.14. The number of sulfone groups is 1. The van der Waals surface area contributed by atoms with Crippen LogP contribution in [0.2, 0.25) is 0 Å². The number of benzene rings is 2. The molecule has 2 aliphatic carbocycles. The minimum absolute atomic E-state index is 0.194. The topological polar surface area (TPSA) is 113 Å². The van der Waals surface area contributed by atoms with E-state index in [9.17, 15) is 13.2 Å². The maximum absolute atomic E-state index is 13.5. The average Bonchev–Trinajstić information content (AvgIpc) is 3.84. The Balaban J connectivity index is 1.38. The molecular weight excluding hydrogens is 498 g/mol. The van der Waals surface area contributed by atoms with Crippen LogP contribution in [0.4, 0.5) is 0 Å².